The third-order valence-corrected chi connectivity index (χ3v) is 6.06. The molecule has 0 bridgehead atoms. The van der Waals surface area contributed by atoms with Gasteiger partial charge in [-0.2, -0.15) is 0 Å². The van der Waals surface area contributed by atoms with Crippen molar-refractivity contribution in [3.8, 4) is 11.5 Å². The quantitative estimate of drug-likeness (QED) is 0.500. The van der Waals surface area contributed by atoms with Crippen LogP contribution in [0.3, 0.4) is 0 Å². The summed E-state index contributed by atoms with van der Waals surface area (Å²) in [6.45, 7) is 9.54. The Morgan fingerprint density at radius 3 is 2.57 bits per heavy atom. The number of ether oxygens (including phenoxy) is 3. The van der Waals surface area contributed by atoms with Crippen molar-refractivity contribution < 1.29 is 14.2 Å². The van der Waals surface area contributed by atoms with Gasteiger partial charge in [-0.05, 0) is 57.2 Å². The van der Waals surface area contributed by atoms with Crippen LogP contribution in [0.15, 0.2) is 23.2 Å². The number of nitrogens with zero attached hydrogens (tertiary/aromatic N) is 2. The minimum Gasteiger partial charge on any atom is -0.493 e. The first-order chi connectivity index (χ1) is 14.5. The lowest BCUT2D eigenvalue weighted by Crippen LogP contribution is -2.56. The van der Waals surface area contributed by atoms with Crippen molar-refractivity contribution in [1.29, 1.82) is 0 Å². The average molecular weight is 419 g/mol. The molecule has 1 aliphatic carbocycles. The molecule has 1 aromatic carbocycles. The van der Waals surface area contributed by atoms with E-state index in [1.165, 1.54) is 12.8 Å². The predicted molar refractivity (Wildman–Crippen MR) is 121 cm³/mol. The van der Waals surface area contributed by atoms with E-state index in [2.05, 4.69) is 46.5 Å². The number of methoxy groups -OCH3 is 1. The van der Waals surface area contributed by atoms with Crippen LogP contribution in [0.2, 0.25) is 0 Å². The van der Waals surface area contributed by atoms with Crippen LogP contribution in [0, 0.1) is 0 Å². The number of nitrogens with one attached hydrogen (secondary N) is 2. The van der Waals surface area contributed by atoms with Crippen LogP contribution in [0.4, 0.5) is 0 Å². The van der Waals surface area contributed by atoms with Gasteiger partial charge in [0, 0.05) is 38.8 Å². The first kappa shape index (κ1) is 22.7. The highest BCUT2D eigenvalue weighted by Crippen LogP contribution is 2.32. The van der Waals surface area contributed by atoms with Gasteiger partial charge in [-0.15, -0.1) is 0 Å². The summed E-state index contributed by atoms with van der Waals surface area (Å²) < 4.78 is 17.2. The number of rotatable bonds is 8. The monoisotopic (exact) mass is 418 g/mol. The highest BCUT2D eigenvalue weighted by atomic mass is 16.5. The summed E-state index contributed by atoms with van der Waals surface area (Å²) in [5.74, 6) is 2.42. The first-order valence-electron chi connectivity index (χ1n) is 11.1. The molecule has 0 radical (unpaired) electrons. The summed E-state index contributed by atoms with van der Waals surface area (Å²) in [7, 11) is 3.50. The van der Waals surface area contributed by atoms with Crippen molar-refractivity contribution in [2.45, 2.75) is 57.7 Å². The topological polar surface area (TPSA) is 67.4 Å². The summed E-state index contributed by atoms with van der Waals surface area (Å²) in [6, 6.07) is 6.13. The fourth-order valence-corrected chi connectivity index (χ4v) is 4.10. The Balaban J connectivity index is 1.53. The summed E-state index contributed by atoms with van der Waals surface area (Å²) in [4.78, 5) is 6.85. The standard InChI is InChI=1S/C23H38N4O3/c1-23(2,27-11-13-29-14-12-27)17-26-22(24-3)25-16-18-9-10-20(28-4)21(15-18)30-19-7-5-6-8-19/h9-10,15,19H,5-8,11-14,16-17H2,1-4H3,(H2,24,25,26). The van der Waals surface area contributed by atoms with Crippen LogP contribution >= 0.6 is 0 Å². The third-order valence-electron chi connectivity index (χ3n) is 6.06. The van der Waals surface area contributed by atoms with E-state index in [0.29, 0.717) is 12.6 Å². The third kappa shape index (κ3) is 6.25. The fourth-order valence-electron chi connectivity index (χ4n) is 4.10. The van der Waals surface area contributed by atoms with Crippen molar-refractivity contribution in [3.63, 3.8) is 0 Å². The maximum absolute atomic E-state index is 6.22. The molecule has 1 aliphatic heterocycles. The molecule has 7 heteroatoms. The molecule has 0 atom stereocenters. The molecular weight excluding hydrogens is 380 g/mol. The Labute approximate surface area is 181 Å². The molecule has 0 amide bonds. The zero-order valence-electron chi connectivity index (χ0n) is 19.0. The predicted octanol–water partition coefficient (Wildman–Crippen LogP) is 2.79. The first-order valence-corrected chi connectivity index (χ1v) is 11.1. The Hall–Kier alpha value is -1.99. The van der Waals surface area contributed by atoms with Gasteiger partial charge in [-0.3, -0.25) is 9.89 Å². The van der Waals surface area contributed by atoms with Crippen molar-refractivity contribution in [1.82, 2.24) is 15.5 Å². The zero-order chi connectivity index (χ0) is 21.4. The number of morpholine rings is 1. The molecule has 2 aliphatic rings. The van der Waals surface area contributed by atoms with Gasteiger partial charge in [0.25, 0.3) is 0 Å². The number of benzene rings is 1. The van der Waals surface area contributed by atoms with Gasteiger partial charge >= 0.3 is 0 Å². The van der Waals surface area contributed by atoms with Gasteiger partial charge in [-0.1, -0.05) is 6.07 Å². The van der Waals surface area contributed by atoms with Crippen LogP contribution in [-0.4, -0.2) is 69.5 Å². The van der Waals surface area contributed by atoms with Crippen LogP contribution in [-0.2, 0) is 11.3 Å². The fraction of sp³-hybridized carbons (Fsp3) is 0.696. The highest BCUT2D eigenvalue weighted by molar-refractivity contribution is 5.79. The van der Waals surface area contributed by atoms with E-state index in [-0.39, 0.29) is 5.54 Å². The molecule has 7 nitrogen and oxygen atoms in total. The molecule has 30 heavy (non-hydrogen) atoms. The number of aliphatic imine (C=N–C) groups is 1. The lowest BCUT2D eigenvalue weighted by molar-refractivity contribution is -0.00834. The summed E-state index contributed by atoms with van der Waals surface area (Å²) in [5.41, 5.74) is 1.17. The van der Waals surface area contributed by atoms with E-state index in [4.69, 9.17) is 14.2 Å². The Morgan fingerprint density at radius 1 is 1.17 bits per heavy atom. The maximum atomic E-state index is 6.22. The molecule has 1 saturated carbocycles. The van der Waals surface area contributed by atoms with Gasteiger partial charge < -0.3 is 24.8 Å². The van der Waals surface area contributed by atoms with Crippen molar-refractivity contribution in [3.05, 3.63) is 23.8 Å². The van der Waals surface area contributed by atoms with E-state index in [0.717, 1.165) is 68.7 Å². The van der Waals surface area contributed by atoms with Crippen LogP contribution < -0.4 is 20.1 Å². The zero-order valence-corrected chi connectivity index (χ0v) is 19.0. The second kappa shape index (κ2) is 10.9. The maximum Gasteiger partial charge on any atom is 0.191 e. The van der Waals surface area contributed by atoms with Gasteiger partial charge in [0.05, 0.1) is 26.4 Å². The molecule has 0 unspecified atom stereocenters. The Bertz CT molecular complexity index is 696. The van der Waals surface area contributed by atoms with E-state index in [1.807, 2.05) is 6.07 Å². The van der Waals surface area contributed by atoms with Crippen molar-refractivity contribution in [2.75, 3.05) is 47.0 Å². The normalized spacial score (nSPS) is 19.0. The van der Waals surface area contributed by atoms with E-state index in [1.54, 1.807) is 14.2 Å². The number of hydrogen-bond acceptors (Lipinski definition) is 5. The summed E-state index contributed by atoms with van der Waals surface area (Å²) >= 11 is 0. The van der Waals surface area contributed by atoms with Gasteiger partial charge in [0.15, 0.2) is 17.5 Å². The summed E-state index contributed by atoms with van der Waals surface area (Å²) in [5, 5.41) is 6.89. The molecule has 1 saturated heterocycles. The highest BCUT2D eigenvalue weighted by Gasteiger charge is 2.28. The molecule has 2 N–H and O–H groups in total. The van der Waals surface area contributed by atoms with Crippen molar-refractivity contribution >= 4 is 5.96 Å². The molecule has 1 heterocycles. The largest absolute Gasteiger partial charge is 0.493 e. The smallest absolute Gasteiger partial charge is 0.191 e. The Kier molecular flexibility index (Phi) is 8.22. The van der Waals surface area contributed by atoms with Crippen LogP contribution in [0.25, 0.3) is 0 Å². The molecule has 3 rings (SSSR count). The van der Waals surface area contributed by atoms with Crippen molar-refractivity contribution in [2.24, 2.45) is 4.99 Å². The van der Waals surface area contributed by atoms with E-state index >= 15 is 0 Å². The molecule has 168 valence electrons. The average Bonchev–Trinajstić information content (AvgIpc) is 3.28. The van der Waals surface area contributed by atoms with Gasteiger partial charge in [0.1, 0.15) is 0 Å². The second-order valence-electron chi connectivity index (χ2n) is 8.70. The van der Waals surface area contributed by atoms with Crippen LogP contribution in [0.5, 0.6) is 11.5 Å². The second-order valence-corrected chi connectivity index (χ2v) is 8.70. The van der Waals surface area contributed by atoms with Crippen LogP contribution in [0.1, 0.15) is 45.1 Å². The van der Waals surface area contributed by atoms with E-state index < -0.39 is 0 Å². The summed E-state index contributed by atoms with van der Waals surface area (Å²) in [6.07, 6.45) is 5.05. The minimum atomic E-state index is 0.0316. The lowest BCUT2D eigenvalue weighted by atomic mass is 10.0. The Morgan fingerprint density at radius 2 is 1.90 bits per heavy atom. The molecule has 2 fully saturated rings. The number of guanidine groups is 1. The SMILES string of the molecule is CN=C(NCc1ccc(OC)c(OC2CCCC2)c1)NCC(C)(C)N1CCOCC1. The molecule has 0 spiro atoms. The van der Waals surface area contributed by atoms with Gasteiger partial charge in [0.2, 0.25) is 0 Å². The molecular formula is C23H38N4O3. The van der Waals surface area contributed by atoms with E-state index in [9.17, 15) is 0 Å². The minimum absolute atomic E-state index is 0.0316. The molecule has 1 aromatic rings. The molecule has 0 aromatic heterocycles. The lowest BCUT2D eigenvalue weighted by Gasteiger charge is -2.41. The van der Waals surface area contributed by atoms with Gasteiger partial charge in [-0.25, -0.2) is 0 Å². The number of hydrogen-bond donors (Lipinski definition) is 2.